The lowest BCUT2D eigenvalue weighted by atomic mass is 9.72. The fraction of sp³-hybridized carbons (Fsp3) is 0.219. The van der Waals surface area contributed by atoms with Crippen LogP contribution in [-0.4, -0.2) is 47.7 Å². The van der Waals surface area contributed by atoms with Gasteiger partial charge in [0, 0.05) is 31.6 Å². The van der Waals surface area contributed by atoms with Crippen LogP contribution in [0.4, 0.5) is 0 Å². The minimum atomic E-state index is -1.10. The Morgan fingerprint density at radius 1 is 0.868 bits per heavy atom. The summed E-state index contributed by atoms with van der Waals surface area (Å²) in [6, 6.07) is 32.0. The maximum atomic E-state index is 13.8. The van der Waals surface area contributed by atoms with E-state index in [4.69, 9.17) is 10.7 Å². The van der Waals surface area contributed by atoms with Crippen molar-refractivity contribution in [2.24, 2.45) is 16.6 Å². The number of guanidine groups is 1. The van der Waals surface area contributed by atoms with E-state index in [1.54, 1.807) is 7.05 Å². The topological polar surface area (TPSA) is 79.0 Å². The van der Waals surface area contributed by atoms with Crippen molar-refractivity contribution in [3.63, 3.8) is 0 Å². The Morgan fingerprint density at radius 3 is 2.26 bits per heavy atom. The van der Waals surface area contributed by atoms with E-state index in [0.29, 0.717) is 31.5 Å². The van der Waals surface area contributed by atoms with Crippen LogP contribution in [0.5, 0.6) is 0 Å². The highest BCUT2D eigenvalue weighted by Gasteiger charge is 2.54. The second kappa shape index (κ2) is 9.45. The number of carbonyl (C=O) groups is 2. The first-order chi connectivity index (χ1) is 18.5. The third kappa shape index (κ3) is 3.84. The number of likely N-dealkylation sites (tertiary alicyclic amines) is 1. The molecule has 2 aliphatic rings. The number of hydrogen-bond acceptors (Lipinski definition) is 4. The maximum Gasteiger partial charge on any atom is 0.261 e. The van der Waals surface area contributed by atoms with Crippen LogP contribution >= 0.6 is 0 Å². The van der Waals surface area contributed by atoms with Crippen molar-refractivity contribution in [2.45, 2.75) is 18.4 Å². The molecule has 190 valence electrons. The molecular weight excluding hydrogens is 472 g/mol. The molecule has 1 unspecified atom stereocenters. The molecule has 0 aromatic heterocycles. The molecule has 2 amide bonds. The SMILES string of the molecule is CN1C(=O)C(c2cccc(-c3ccccc3)c2)(C2CCN(C(=O)c3cccc4ccccc34)CC2)N=C1N. The van der Waals surface area contributed by atoms with Gasteiger partial charge in [0.05, 0.1) is 0 Å². The average molecular weight is 503 g/mol. The van der Waals surface area contributed by atoms with E-state index in [1.807, 2.05) is 83.8 Å². The summed E-state index contributed by atoms with van der Waals surface area (Å²) < 4.78 is 0. The summed E-state index contributed by atoms with van der Waals surface area (Å²) in [4.78, 5) is 35.6. The van der Waals surface area contributed by atoms with Crippen LogP contribution in [0.2, 0.25) is 0 Å². The number of amides is 2. The zero-order chi connectivity index (χ0) is 26.3. The number of piperidine rings is 1. The molecule has 0 saturated carbocycles. The Bertz CT molecular complexity index is 1550. The molecule has 4 aromatic rings. The second-order valence-corrected chi connectivity index (χ2v) is 10.1. The molecular formula is C32H30N4O2. The van der Waals surface area contributed by atoms with Gasteiger partial charge in [0.15, 0.2) is 11.5 Å². The average Bonchev–Trinajstić information content (AvgIpc) is 3.21. The largest absolute Gasteiger partial charge is 0.369 e. The molecule has 0 spiro atoms. The molecule has 1 atom stereocenters. The van der Waals surface area contributed by atoms with Gasteiger partial charge in [-0.05, 0) is 52.4 Å². The Morgan fingerprint density at radius 2 is 1.53 bits per heavy atom. The first-order valence-electron chi connectivity index (χ1n) is 13.1. The smallest absolute Gasteiger partial charge is 0.261 e. The number of carbonyl (C=O) groups excluding carboxylic acids is 2. The number of likely N-dealkylation sites (N-methyl/N-ethyl adjacent to an activating group) is 1. The fourth-order valence-corrected chi connectivity index (χ4v) is 6.00. The molecule has 0 radical (unpaired) electrons. The summed E-state index contributed by atoms with van der Waals surface area (Å²) in [6.45, 7) is 1.11. The lowest BCUT2D eigenvalue weighted by molar-refractivity contribution is -0.133. The number of nitrogens with two attached hydrogens (primary N) is 1. The number of nitrogens with zero attached hydrogens (tertiary/aromatic N) is 3. The lowest BCUT2D eigenvalue weighted by Gasteiger charge is -2.40. The molecule has 38 heavy (non-hydrogen) atoms. The summed E-state index contributed by atoms with van der Waals surface area (Å²) in [6.07, 6.45) is 1.31. The molecule has 0 aliphatic carbocycles. The number of rotatable bonds is 4. The lowest BCUT2D eigenvalue weighted by Crippen LogP contribution is -2.49. The molecule has 2 aliphatic heterocycles. The van der Waals surface area contributed by atoms with Crippen molar-refractivity contribution < 1.29 is 9.59 Å². The highest BCUT2D eigenvalue weighted by molar-refractivity contribution is 6.08. The van der Waals surface area contributed by atoms with Crippen molar-refractivity contribution in [2.75, 3.05) is 20.1 Å². The minimum Gasteiger partial charge on any atom is -0.369 e. The predicted molar refractivity (Wildman–Crippen MR) is 151 cm³/mol. The number of hydrogen-bond donors (Lipinski definition) is 1. The van der Waals surface area contributed by atoms with Crippen LogP contribution in [0.1, 0.15) is 28.8 Å². The standard InChI is InChI=1S/C32H30N4O2/c1-35-30(38)32(34-31(35)33,26-14-7-13-24(21-26)22-9-3-2-4-10-22)25-17-19-36(20-18-25)29(37)28-16-8-12-23-11-5-6-15-27(23)28/h2-16,21,25H,17-20H2,1H3,(H2,33,34). The van der Waals surface area contributed by atoms with E-state index in [2.05, 4.69) is 18.2 Å². The summed E-state index contributed by atoms with van der Waals surface area (Å²) >= 11 is 0. The van der Waals surface area contributed by atoms with E-state index in [9.17, 15) is 9.59 Å². The van der Waals surface area contributed by atoms with E-state index in [-0.39, 0.29) is 23.7 Å². The van der Waals surface area contributed by atoms with Crippen LogP contribution in [0, 0.1) is 5.92 Å². The molecule has 2 heterocycles. The Hall–Kier alpha value is -4.45. The highest BCUT2D eigenvalue weighted by atomic mass is 16.2. The third-order valence-electron chi connectivity index (χ3n) is 8.07. The monoisotopic (exact) mass is 502 g/mol. The van der Waals surface area contributed by atoms with Gasteiger partial charge in [-0.2, -0.15) is 0 Å². The molecule has 2 N–H and O–H groups in total. The van der Waals surface area contributed by atoms with Gasteiger partial charge in [0.25, 0.3) is 11.8 Å². The van der Waals surface area contributed by atoms with Crippen molar-refractivity contribution in [1.29, 1.82) is 0 Å². The van der Waals surface area contributed by atoms with E-state index < -0.39 is 5.54 Å². The Kier molecular flexibility index (Phi) is 5.95. The minimum absolute atomic E-state index is 0.0262. The van der Waals surface area contributed by atoms with Crippen LogP contribution < -0.4 is 5.73 Å². The van der Waals surface area contributed by atoms with Gasteiger partial charge in [-0.15, -0.1) is 0 Å². The number of fused-ring (bicyclic) bond motifs is 1. The Labute approximate surface area is 222 Å². The zero-order valence-corrected chi connectivity index (χ0v) is 21.4. The highest BCUT2D eigenvalue weighted by Crippen LogP contribution is 2.45. The van der Waals surface area contributed by atoms with Crippen LogP contribution in [0.3, 0.4) is 0 Å². The van der Waals surface area contributed by atoms with Gasteiger partial charge in [-0.3, -0.25) is 14.5 Å². The van der Waals surface area contributed by atoms with Crippen LogP contribution in [0.25, 0.3) is 21.9 Å². The molecule has 6 rings (SSSR count). The van der Waals surface area contributed by atoms with Gasteiger partial charge in [-0.1, -0.05) is 84.9 Å². The van der Waals surface area contributed by atoms with Gasteiger partial charge < -0.3 is 10.6 Å². The number of aliphatic imine (C=N–C) groups is 1. The van der Waals surface area contributed by atoms with Gasteiger partial charge >= 0.3 is 0 Å². The van der Waals surface area contributed by atoms with Gasteiger partial charge in [0.2, 0.25) is 0 Å². The summed E-state index contributed by atoms with van der Waals surface area (Å²) in [5.41, 5.74) is 8.80. The van der Waals surface area contributed by atoms with Crippen molar-refractivity contribution in [1.82, 2.24) is 9.80 Å². The van der Waals surface area contributed by atoms with Crippen molar-refractivity contribution >= 4 is 28.5 Å². The third-order valence-corrected chi connectivity index (χ3v) is 8.07. The number of benzene rings is 4. The quantitative estimate of drug-likeness (QED) is 0.425. The van der Waals surface area contributed by atoms with Crippen LogP contribution in [-0.2, 0) is 10.3 Å². The first kappa shape index (κ1) is 23.9. The first-order valence-corrected chi connectivity index (χ1v) is 13.1. The predicted octanol–water partition coefficient (Wildman–Crippen LogP) is 5.04. The maximum absolute atomic E-state index is 13.8. The molecule has 1 saturated heterocycles. The molecule has 0 bridgehead atoms. The van der Waals surface area contributed by atoms with Crippen LogP contribution in [0.15, 0.2) is 102 Å². The zero-order valence-electron chi connectivity index (χ0n) is 21.4. The molecule has 4 aromatic carbocycles. The normalized spacial score (nSPS) is 20.1. The molecule has 1 fully saturated rings. The second-order valence-electron chi connectivity index (χ2n) is 10.1. The molecule has 6 nitrogen and oxygen atoms in total. The Balaban J connectivity index is 1.31. The summed E-state index contributed by atoms with van der Waals surface area (Å²) in [5.74, 6) is 0.0627. The van der Waals surface area contributed by atoms with Gasteiger partial charge in [0.1, 0.15) is 0 Å². The fourth-order valence-electron chi connectivity index (χ4n) is 6.00. The van der Waals surface area contributed by atoms with Gasteiger partial charge in [-0.25, -0.2) is 4.99 Å². The van der Waals surface area contributed by atoms with E-state index in [0.717, 1.165) is 27.5 Å². The summed E-state index contributed by atoms with van der Waals surface area (Å²) in [7, 11) is 1.68. The van der Waals surface area contributed by atoms with Crippen molar-refractivity contribution in [3.8, 4) is 11.1 Å². The molecule has 6 heteroatoms. The van der Waals surface area contributed by atoms with E-state index >= 15 is 0 Å². The van der Waals surface area contributed by atoms with Crippen molar-refractivity contribution in [3.05, 3.63) is 108 Å². The summed E-state index contributed by atoms with van der Waals surface area (Å²) in [5, 5.41) is 2.01. The van der Waals surface area contributed by atoms with E-state index in [1.165, 1.54) is 4.90 Å².